The molecule has 4 nitrogen and oxygen atoms in total. The summed E-state index contributed by atoms with van der Waals surface area (Å²) in [5.74, 6) is 0. The summed E-state index contributed by atoms with van der Waals surface area (Å²) >= 11 is 0. The van der Waals surface area contributed by atoms with Crippen molar-refractivity contribution in [2.45, 2.75) is 18.7 Å². The van der Waals surface area contributed by atoms with Gasteiger partial charge in [0.15, 0.2) is 0 Å². The average molecular weight is 298 g/mol. The van der Waals surface area contributed by atoms with E-state index in [1.807, 2.05) is 4.90 Å². The monoisotopic (exact) mass is 298 g/mol. The van der Waals surface area contributed by atoms with Crippen LogP contribution in [0.4, 0.5) is 18.9 Å². The van der Waals surface area contributed by atoms with Crippen molar-refractivity contribution in [3.8, 4) is 0 Å². The number of aromatic amines is 1. The Kier molecular flexibility index (Phi) is 3.16. The van der Waals surface area contributed by atoms with E-state index in [1.54, 1.807) is 6.07 Å². The molecule has 112 valence electrons. The van der Waals surface area contributed by atoms with Gasteiger partial charge in [-0.05, 0) is 24.6 Å². The Labute approximate surface area is 117 Å². The summed E-state index contributed by atoms with van der Waals surface area (Å²) < 4.78 is 39.2. The van der Waals surface area contributed by atoms with Gasteiger partial charge in [0.25, 0.3) is 0 Å². The van der Waals surface area contributed by atoms with Gasteiger partial charge in [0.2, 0.25) is 5.56 Å². The van der Waals surface area contributed by atoms with Gasteiger partial charge in [0.1, 0.15) is 0 Å². The fourth-order valence-electron chi connectivity index (χ4n) is 2.65. The molecule has 0 saturated carbocycles. The zero-order valence-electron chi connectivity index (χ0n) is 10.9. The van der Waals surface area contributed by atoms with Crippen LogP contribution in [-0.4, -0.2) is 29.3 Å². The third-order valence-electron chi connectivity index (χ3n) is 3.66. The molecule has 2 aromatic rings. The van der Waals surface area contributed by atoms with Crippen LogP contribution in [0, 0.1) is 0 Å². The van der Waals surface area contributed by atoms with Crippen molar-refractivity contribution >= 4 is 16.6 Å². The summed E-state index contributed by atoms with van der Waals surface area (Å²) in [5.41, 5.74) is -0.961. The number of aromatic nitrogens is 1. The quantitative estimate of drug-likeness (QED) is 0.848. The van der Waals surface area contributed by atoms with Gasteiger partial charge in [-0.15, -0.1) is 0 Å². The second-order valence-electron chi connectivity index (χ2n) is 5.16. The number of benzene rings is 1. The number of pyridine rings is 1. The van der Waals surface area contributed by atoms with E-state index in [0.717, 1.165) is 0 Å². The predicted octanol–water partition coefficient (Wildman–Crippen LogP) is 2.12. The molecule has 1 saturated heterocycles. The summed E-state index contributed by atoms with van der Waals surface area (Å²) in [5, 5.41) is 9.48. The van der Waals surface area contributed by atoms with Gasteiger partial charge in [-0.25, -0.2) is 0 Å². The number of alkyl halides is 3. The van der Waals surface area contributed by atoms with Crippen LogP contribution in [0.2, 0.25) is 0 Å². The molecule has 1 fully saturated rings. The van der Waals surface area contributed by atoms with Gasteiger partial charge in [-0.3, -0.25) is 4.79 Å². The smallest absolute Gasteiger partial charge is 0.391 e. The van der Waals surface area contributed by atoms with E-state index >= 15 is 0 Å². The minimum atomic E-state index is -4.59. The first-order valence-electron chi connectivity index (χ1n) is 6.52. The number of β-amino-alcohol motifs (C(OH)–C–C–N with tert-alkyl or cyclic N) is 1. The van der Waals surface area contributed by atoms with E-state index in [2.05, 4.69) is 4.98 Å². The maximum atomic E-state index is 13.1. The molecule has 21 heavy (non-hydrogen) atoms. The number of rotatable bonds is 1. The van der Waals surface area contributed by atoms with Crippen molar-refractivity contribution in [2.75, 3.05) is 18.0 Å². The lowest BCUT2D eigenvalue weighted by molar-refractivity contribution is -0.136. The highest BCUT2D eigenvalue weighted by molar-refractivity contribution is 5.86. The van der Waals surface area contributed by atoms with E-state index < -0.39 is 23.4 Å². The van der Waals surface area contributed by atoms with Crippen LogP contribution in [0.25, 0.3) is 10.9 Å². The van der Waals surface area contributed by atoms with E-state index in [1.165, 1.54) is 12.1 Å². The molecular weight excluding hydrogens is 285 g/mol. The topological polar surface area (TPSA) is 56.3 Å². The maximum Gasteiger partial charge on any atom is 0.417 e. The van der Waals surface area contributed by atoms with Gasteiger partial charge in [0, 0.05) is 35.7 Å². The summed E-state index contributed by atoms with van der Waals surface area (Å²) in [6, 6.07) is 5.10. The molecule has 1 aliphatic heterocycles. The molecule has 3 rings (SSSR count). The highest BCUT2D eigenvalue weighted by atomic mass is 19.4. The number of hydrogen-bond acceptors (Lipinski definition) is 3. The molecule has 1 unspecified atom stereocenters. The van der Waals surface area contributed by atoms with E-state index in [4.69, 9.17) is 0 Å². The first kappa shape index (κ1) is 13.9. The standard InChI is InChI=1S/C14H13F3N2O2/c15-14(16,17)11-6-13(21)18-12-2-1-8(5-10(11)12)19-4-3-9(20)7-19/h1-2,5-6,9,20H,3-4,7H2,(H,18,21). The van der Waals surface area contributed by atoms with Crippen molar-refractivity contribution in [3.05, 3.63) is 40.2 Å². The molecule has 0 bridgehead atoms. The van der Waals surface area contributed by atoms with E-state index in [9.17, 15) is 23.1 Å². The first-order valence-corrected chi connectivity index (χ1v) is 6.52. The minimum Gasteiger partial charge on any atom is -0.391 e. The van der Waals surface area contributed by atoms with Crippen LogP contribution in [0.3, 0.4) is 0 Å². The molecular formula is C14H13F3N2O2. The lowest BCUT2D eigenvalue weighted by Crippen LogP contribution is -2.21. The lowest BCUT2D eigenvalue weighted by Gasteiger charge is -2.19. The number of hydrogen-bond donors (Lipinski definition) is 2. The Hall–Kier alpha value is -2.02. The Balaban J connectivity index is 2.16. The number of fused-ring (bicyclic) bond motifs is 1. The van der Waals surface area contributed by atoms with Crippen LogP contribution in [0.1, 0.15) is 12.0 Å². The Morgan fingerprint density at radius 1 is 1.29 bits per heavy atom. The van der Waals surface area contributed by atoms with Crippen molar-refractivity contribution < 1.29 is 18.3 Å². The number of nitrogens with one attached hydrogen (secondary N) is 1. The molecule has 0 aliphatic carbocycles. The highest BCUT2D eigenvalue weighted by Crippen LogP contribution is 2.35. The number of anilines is 1. The molecule has 1 atom stereocenters. The molecule has 7 heteroatoms. The van der Waals surface area contributed by atoms with Crippen LogP contribution < -0.4 is 10.5 Å². The Bertz CT molecular complexity index is 739. The number of aliphatic hydroxyl groups is 1. The van der Waals surface area contributed by atoms with Gasteiger partial charge < -0.3 is 15.0 Å². The van der Waals surface area contributed by atoms with Crippen LogP contribution in [-0.2, 0) is 6.18 Å². The third kappa shape index (κ3) is 2.61. The second kappa shape index (κ2) is 4.77. The number of H-pyrrole nitrogens is 1. The van der Waals surface area contributed by atoms with Crippen LogP contribution >= 0.6 is 0 Å². The zero-order valence-corrected chi connectivity index (χ0v) is 10.9. The number of halogens is 3. The fraction of sp³-hybridized carbons (Fsp3) is 0.357. The Morgan fingerprint density at radius 2 is 2.05 bits per heavy atom. The highest BCUT2D eigenvalue weighted by Gasteiger charge is 2.33. The molecule has 0 spiro atoms. The minimum absolute atomic E-state index is 0.0408. The summed E-state index contributed by atoms with van der Waals surface area (Å²) in [6.07, 6.45) is -4.45. The number of nitrogens with zero attached hydrogens (tertiary/aromatic N) is 1. The van der Waals surface area contributed by atoms with Crippen LogP contribution in [0.5, 0.6) is 0 Å². The largest absolute Gasteiger partial charge is 0.417 e. The SMILES string of the molecule is O=c1cc(C(F)(F)F)c2cc(N3CCC(O)C3)ccc2[nH]1. The first-order chi connectivity index (χ1) is 9.84. The fourth-order valence-corrected chi connectivity index (χ4v) is 2.65. The summed E-state index contributed by atoms with van der Waals surface area (Å²) in [6.45, 7) is 0.994. The molecule has 2 N–H and O–H groups in total. The molecule has 0 radical (unpaired) electrons. The third-order valence-corrected chi connectivity index (χ3v) is 3.66. The molecule has 0 amide bonds. The van der Waals surface area contributed by atoms with Gasteiger partial charge in [-0.1, -0.05) is 0 Å². The lowest BCUT2D eigenvalue weighted by atomic mass is 10.1. The van der Waals surface area contributed by atoms with Crippen molar-refractivity contribution in [2.24, 2.45) is 0 Å². The van der Waals surface area contributed by atoms with E-state index in [-0.39, 0.29) is 10.9 Å². The molecule has 1 aliphatic rings. The molecule has 1 aromatic carbocycles. The number of aliphatic hydroxyl groups excluding tert-OH is 1. The van der Waals surface area contributed by atoms with Crippen molar-refractivity contribution in [1.29, 1.82) is 0 Å². The summed E-state index contributed by atoms with van der Waals surface area (Å²) in [4.78, 5) is 15.6. The van der Waals surface area contributed by atoms with Gasteiger partial charge in [0.05, 0.1) is 11.7 Å². The summed E-state index contributed by atoms with van der Waals surface area (Å²) in [7, 11) is 0. The zero-order chi connectivity index (χ0) is 15.2. The van der Waals surface area contributed by atoms with Crippen molar-refractivity contribution in [3.63, 3.8) is 0 Å². The van der Waals surface area contributed by atoms with Crippen LogP contribution in [0.15, 0.2) is 29.1 Å². The van der Waals surface area contributed by atoms with Crippen molar-refractivity contribution in [1.82, 2.24) is 4.98 Å². The predicted molar refractivity (Wildman–Crippen MR) is 72.4 cm³/mol. The molecule has 1 aromatic heterocycles. The van der Waals surface area contributed by atoms with Gasteiger partial charge >= 0.3 is 6.18 Å². The maximum absolute atomic E-state index is 13.1. The average Bonchev–Trinajstić information content (AvgIpc) is 2.83. The molecule has 2 heterocycles. The second-order valence-corrected chi connectivity index (χ2v) is 5.16. The van der Waals surface area contributed by atoms with Gasteiger partial charge in [-0.2, -0.15) is 13.2 Å². The Morgan fingerprint density at radius 3 is 2.67 bits per heavy atom. The normalized spacial score (nSPS) is 19.4. The van der Waals surface area contributed by atoms with E-state index in [0.29, 0.717) is 31.3 Å².